The molecule has 0 bridgehead atoms. The predicted octanol–water partition coefficient (Wildman–Crippen LogP) is -0.415. The molecule has 0 aliphatic carbocycles. The van der Waals surface area contributed by atoms with Gasteiger partial charge in [-0.25, -0.2) is 4.98 Å². The lowest BCUT2D eigenvalue weighted by molar-refractivity contribution is -0.161. The number of aryl methyl sites for hydroxylation is 1. The maximum absolute atomic E-state index is 12.7. The highest BCUT2D eigenvalue weighted by molar-refractivity contribution is 5.90. The first kappa shape index (κ1) is 17.4. The Balaban J connectivity index is 1.33. The Bertz CT molecular complexity index is 682. The SMILES string of the molecule is Cc1nc(CN2CCC3(CC2)CN(C(=O)C2CCC(=O)N2)CCO3)n[nH]1. The number of hydrogen-bond acceptors (Lipinski definition) is 6. The van der Waals surface area contributed by atoms with Gasteiger partial charge in [0.05, 0.1) is 18.8 Å². The average molecular weight is 362 g/mol. The minimum atomic E-state index is -0.355. The molecule has 4 rings (SSSR count). The smallest absolute Gasteiger partial charge is 0.245 e. The maximum Gasteiger partial charge on any atom is 0.245 e. The quantitative estimate of drug-likeness (QED) is 0.757. The summed E-state index contributed by atoms with van der Waals surface area (Å²) < 4.78 is 6.13. The number of piperidine rings is 1. The molecular weight excluding hydrogens is 336 g/mol. The Morgan fingerprint density at radius 1 is 1.35 bits per heavy atom. The number of nitrogens with one attached hydrogen (secondary N) is 2. The first-order valence-electron chi connectivity index (χ1n) is 9.35. The number of carbonyl (C=O) groups excluding carboxylic acids is 2. The van der Waals surface area contributed by atoms with E-state index in [2.05, 4.69) is 25.4 Å². The first-order valence-corrected chi connectivity index (χ1v) is 9.35. The van der Waals surface area contributed by atoms with Crippen LogP contribution in [0.1, 0.15) is 37.3 Å². The van der Waals surface area contributed by atoms with Gasteiger partial charge in [-0.15, -0.1) is 0 Å². The van der Waals surface area contributed by atoms with Crippen LogP contribution in [0.5, 0.6) is 0 Å². The summed E-state index contributed by atoms with van der Waals surface area (Å²) in [7, 11) is 0. The molecule has 3 aliphatic heterocycles. The van der Waals surface area contributed by atoms with Crippen molar-refractivity contribution in [3.63, 3.8) is 0 Å². The topological polar surface area (TPSA) is 103 Å². The molecule has 0 aromatic carbocycles. The van der Waals surface area contributed by atoms with Gasteiger partial charge in [0.25, 0.3) is 0 Å². The van der Waals surface area contributed by atoms with Crippen LogP contribution < -0.4 is 5.32 Å². The van der Waals surface area contributed by atoms with E-state index in [0.717, 1.165) is 44.1 Å². The van der Waals surface area contributed by atoms with E-state index in [1.165, 1.54) is 0 Å². The average Bonchev–Trinajstić information content (AvgIpc) is 3.25. The molecule has 1 aromatic rings. The molecule has 3 fully saturated rings. The summed E-state index contributed by atoms with van der Waals surface area (Å²) in [5, 5.41) is 9.86. The molecule has 3 saturated heterocycles. The zero-order valence-corrected chi connectivity index (χ0v) is 15.2. The minimum Gasteiger partial charge on any atom is -0.371 e. The summed E-state index contributed by atoms with van der Waals surface area (Å²) in [6, 6.07) is -0.355. The van der Waals surface area contributed by atoms with Crippen molar-refractivity contribution in [2.75, 3.05) is 32.8 Å². The predicted molar refractivity (Wildman–Crippen MR) is 92.1 cm³/mol. The van der Waals surface area contributed by atoms with Crippen LogP contribution in [-0.2, 0) is 20.9 Å². The summed E-state index contributed by atoms with van der Waals surface area (Å²) >= 11 is 0. The fourth-order valence-electron chi connectivity index (χ4n) is 4.13. The fourth-order valence-corrected chi connectivity index (χ4v) is 4.13. The Morgan fingerprint density at radius 2 is 2.15 bits per heavy atom. The van der Waals surface area contributed by atoms with Gasteiger partial charge in [-0.2, -0.15) is 5.10 Å². The number of aromatic amines is 1. The molecule has 142 valence electrons. The second-order valence-electron chi connectivity index (χ2n) is 7.56. The molecule has 3 aliphatic rings. The number of aromatic nitrogens is 3. The van der Waals surface area contributed by atoms with E-state index in [-0.39, 0.29) is 23.5 Å². The molecule has 1 atom stereocenters. The first-order chi connectivity index (χ1) is 12.5. The van der Waals surface area contributed by atoms with Gasteiger partial charge in [0.1, 0.15) is 11.9 Å². The second kappa shape index (κ2) is 6.96. The van der Waals surface area contributed by atoms with Crippen molar-refractivity contribution in [2.45, 2.75) is 50.8 Å². The van der Waals surface area contributed by atoms with Gasteiger partial charge in [0.2, 0.25) is 11.8 Å². The Kier molecular flexibility index (Phi) is 4.66. The molecule has 2 N–H and O–H groups in total. The van der Waals surface area contributed by atoms with Crippen LogP contribution in [0.2, 0.25) is 0 Å². The van der Waals surface area contributed by atoms with Crippen molar-refractivity contribution in [1.29, 1.82) is 0 Å². The van der Waals surface area contributed by atoms with Gasteiger partial charge in [-0.05, 0) is 26.2 Å². The molecule has 1 aromatic heterocycles. The van der Waals surface area contributed by atoms with Crippen LogP contribution in [0.15, 0.2) is 0 Å². The number of hydrogen-bond donors (Lipinski definition) is 2. The lowest BCUT2D eigenvalue weighted by atomic mass is 9.89. The lowest BCUT2D eigenvalue weighted by Gasteiger charge is -2.47. The van der Waals surface area contributed by atoms with Crippen molar-refractivity contribution in [1.82, 2.24) is 30.3 Å². The zero-order valence-electron chi connectivity index (χ0n) is 15.2. The normalized spacial score (nSPS) is 26.3. The highest BCUT2D eigenvalue weighted by Crippen LogP contribution is 2.31. The molecule has 1 unspecified atom stereocenters. The molecule has 4 heterocycles. The molecule has 9 nitrogen and oxygen atoms in total. The van der Waals surface area contributed by atoms with E-state index in [1.807, 2.05) is 11.8 Å². The summed E-state index contributed by atoms with van der Waals surface area (Å²) in [4.78, 5) is 32.7. The Hall–Kier alpha value is -2.00. The number of carbonyl (C=O) groups is 2. The van der Waals surface area contributed by atoms with Gasteiger partial charge in [-0.3, -0.25) is 19.6 Å². The monoisotopic (exact) mass is 362 g/mol. The highest BCUT2D eigenvalue weighted by atomic mass is 16.5. The third kappa shape index (κ3) is 3.59. The number of rotatable bonds is 3. The van der Waals surface area contributed by atoms with E-state index in [9.17, 15) is 9.59 Å². The number of ether oxygens (including phenoxy) is 1. The lowest BCUT2D eigenvalue weighted by Crippen LogP contribution is -2.60. The van der Waals surface area contributed by atoms with Gasteiger partial charge in [-0.1, -0.05) is 0 Å². The van der Waals surface area contributed by atoms with Crippen LogP contribution in [0.3, 0.4) is 0 Å². The van der Waals surface area contributed by atoms with Gasteiger partial charge in [0, 0.05) is 32.6 Å². The van der Waals surface area contributed by atoms with Gasteiger partial charge in [0.15, 0.2) is 5.82 Å². The van der Waals surface area contributed by atoms with Gasteiger partial charge >= 0.3 is 0 Å². The Morgan fingerprint density at radius 3 is 2.81 bits per heavy atom. The number of nitrogens with zero attached hydrogens (tertiary/aromatic N) is 4. The zero-order chi connectivity index (χ0) is 18.1. The van der Waals surface area contributed by atoms with E-state index >= 15 is 0 Å². The molecule has 1 spiro atoms. The van der Waals surface area contributed by atoms with Crippen LogP contribution in [0, 0.1) is 6.92 Å². The number of H-pyrrole nitrogens is 1. The largest absolute Gasteiger partial charge is 0.371 e. The summed E-state index contributed by atoms with van der Waals surface area (Å²) in [5.41, 5.74) is -0.262. The third-order valence-electron chi connectivity index (χ3n) is 5.63. The van der Waals surface area contributed by atoms with E-state index in [4.69, 9.17) is 4.74 Å². The van der Waals surface area contributed by atoms with E-state index < -0.39 is 0 Å². The van der Waals surface area contributed by atoms with Crippen LogP contribution in [0.25, 0.3) is 0 Å². The summed E-state index contributed by atoms with van der Waals surface area (Å²) in [5.74, 6) is 1.66. The van der Waals surface area contributed by atoms with Crippen molar-refractivity contribution < 1.29 is 14.3 Å². The molecule has 9 heteroatoms. The minimum absolute atomic E-state index is 0.0261. The number of likely N-dealkylation sites (tertiary alicyclic amines) is 1. The standard InChI is InChI=1S/C17H26N6O3/c1-12-18-14(21-20-12)10-22-6-4-17(5-7-22)11-23(8-9-26-17)16(25)13-2-3-15(24)19-13/h13H,2-11H2,1H3,(H,19,24)(H,18,20,21). The van der Waals surface area contributed by atoms with E-state index in [1.54, 1.807) is 0 Å². The molecule has 0 saturated carbocycles. The van der Waals surface area contributed by atoms with Gasteiger partial charge < -0.3 is 15.0 Å². The van der Waals surface area contributed by atoms with Crippen molar-refractivity contribution in [3.8, 4) is 0 Å². The van der Waals surface area contributed by atoms with E-state index in [0.29, 0.717) is 32.5 Å². The maximum atomic E-state index is 12.7. The van der Waals surface area contributed by atoms with Crippen molar-refractivity contribution in [3.05, 3.63) is 11.6 Å². The van der Waals surface area contributed by atoms with Crippen LogP contribution in [-0.4, -0.2) is 81.2 Å². The van der Waals surface area contributed by atoms with Crippen molar-refractivity contribution >= 4 is 11.8 Å². The highest BCUT2D eigenvalue weighted by Gasteiger charge is 2.42. The molecule has 0 radical (unpaired) electrons. The molecule has 26 heavy (non-hydrogen) atoms. The summed E-state index contributed by atoms with van der Waals surface area (Å²) in [6.07, 6.45) is 2.82. The second-order valence-corrected chi connectivity index (χ2v) is 7.56. The van der Waals surface area contributed by atoms with Crippen LogP contribution in [0.4, 0.5) is 0 Å². The number of amides is 2. The third-order valence-corrected chi connectivity index (χ3v) is 5.63. The molecule has 2 amide bonds. The van der Waals surface area contributed by atoms with Crippen LogP contribution >= 0.6 is 0 Å². The van der Waals surface area contributed by atoms with Crippen molar-refractivity contribution in [2.24, 2.45) is 0 Å². The summed E-state index contributed by atoms with van der Waals surface area (Å²) in [6.45, 7) is 6.21. The fraction of sp³-hybridized carbons (Fsp3) is 0.765. The Labute approximate surface area is 152 Å². The molecular formula is C17H26N6O3. The number of morpholine rings is 1.